The summed E-state index contributed by atoms with van der Waals surface area (Å²) >= 11 is 1.74. The smallest absolute Gasteiger partial charge is 0.275 e. The molecule has 6 heteroatoms. The van der Waals surface area contributed by atoms with Crippen molar-refractivity contribution in [1.82, 2.24) is 14.7 Å². The van der Waals surface area contributed by atoms with E-state index in [4.69, 9.17) is 0 Å². The number of carbonyl (C=O) groups is 1. The molecular weight excluding hydrogens is 394 g/mol. The molecule has 0 saturated carbocycles. The van der Waals surface area contributed by atoms with Crippen LogP contribution >= 0.6 is 11.3 Å². The SMILES string of the molecule is O=C(c1ccc(=O)n(-c2ccccc2)n1)N1CCc2sccc2C1c1ccccc1. The number of hydrogen-bond donors (Lipinski definition) is 0. The van der Waals surface area contributed by atoms with Crippen molar-refractivity contribution < 1.29 is 4.79 Å². The van der Waals surface area contributed by atoms with E-state index < -0.39 is 0 Å². The van der Waals surface area contributed by atoms with Gasteiger partial charge in [0.15, 0.2) is 0 Å². The Bertz CT molecular complexity index is 1250. The lowest BCUT2D eigenvalue weighted by molar-refractivity contribution is 0.0688. The van der Waals surface area contributed by atoms with Gasteiger partial charge in [0.05, 0.1) is 11.7 Å². The first-order valence-corrected chi connectivity index (χ1v) is 10.7. The van der Waals surface area contributed by atoms with E-state index in [0.717, 1.165) is 12.0 Å². The molecule has 1 unspecified atom stereocenters. The molecule has 4 aromatic rings. The number of thiophene rings is 1. The number of benzene rings is 2. The third-order valence-electron chi connectivity index (χ3n) is 5.36. The van der Waals surface area contributed by atoms with Gasteiger partial charge in [0, 0.05) is 17.5 Å². The molecule has 0 fully saturated rings. The maximum absolute atomic E-state index is 13.6. The van der Waals surface area contributed by atoms with Gasteiger partial charge < -0.3 is 4.90 Å². The maximum atomic E-state index is 13.6. The van der Waals surface area contributed by atoms with Gasteiger partial charge in [-0.1, -0.05) is 48.5 Å². The summed E-state index contributed by atoms with van der Waals surface area (Å²) in [5, 5.41) is 6.49. The molecule has 0 spiro atoms. The number of carbonyl (C=O) groups excluding carboxylic acids is 1. The second kappa shape index (κ2) is 7.72. The number of aromatic nitrogens is 2. The molecule has 148 valence electrons. The highest BCUT2D eigenvalue weighted by molar-refractivity contribution is 7.10. The Labute approximate surface area is 177 Å². The molecule has 1 amide bonds. The molecule has 5 nitrogen and oxygen atoms in total. The van der Waals surface area contributed by atoms with E-state index in [9.17, 15) is 9.59 Å². The molecule has 1 atom stereocenters. The van der Waals surface area contributed by atoms with Crippen LogP contribution < -0.4 is 5.56 Å². The zero-order valence-corrected chi connectivity index (χ0v) is 17.0. The minimum absolute atomic E-state index is 0.160. The number of fused-ring (bicyclic) bond motifs is 1. The predicted molar refractivity (Wildman–Crippen MR) is 117 cm³/mol. The van der Waals surface area contributed by atoms with Gasteiger partial charge in [-0.25, -0.2) is 0 Å². The van der Waals surface area contributed by atoms with Gasteiger partial charge >= 0.3 is 0 Å². The summed E-state index contributed by atoms with van der Waals surface area (Å²) in [7, 11) is 0. The Hall–Kier alpha value is -3.51. The molecule has 2 aromatic carbocycles. The van der Waals surface area contributed by atoms with Gasteiger partial charge in [0.1, 0.15) is 5.69 Å². The van der Waals surface area contributed by atoms with Crippen molar-refractivity contribution in [3.05, 3.63) is 116 Å². The summed E-state index contributed by atoms with van der Waals surface area (Å²) in [4.78, 5) is 29.1. The fraction of sp³-hybridized carbons (Fsp3) is 0.125. The standard InChI is InChI=1S/C24H19N3O2S/c28-22-12-11-20(25-27(22)18-9-5-2-6-10-18)24(29)26-15-13-21-19(14-16-30-21)23(26)17-7-3-1-4-8-17/h1-12,14,16,23H,13,15H2. The van der Waals surface area contributed by atoms with E-state index in [1.54, 1.807) is 23.5 Å². The van der Waals surface area contributed by atoms with Gasteiger partial charge in [-0.15, -0.1) is 11.3 Å². The van der Waals surface area contributed by atoms with Crippen LogP contribution in [0, 0.1) is 0 Å². The zero-order chi connectivity index (χ0) is 20.5. The summed E-state index contributed by atoms with van der Waals surface area (Å²) in [5.41, 5.74) is 2.87. The lowest BCUT2D eigenvalue weighted by atomic mass is 9.93. The highest BCUT2D eigenvalue weighted by Crippen LogP contribution is 2.38. The normalized spacial score (nSPS) is 15.6. The Morgan fingerprint density at radius 1 is 0.933 bits per heavy atom. The quantitative estimate of drug-likeness (QED) is 0.509. The zero-order valence-electron chi connectivity index (χ0n) is 16.1. The summed E-state index contributed by atoms with van der Waals surface area (Å²) < 4.78 is 1.28. The fourth-order valence-corrected chi connectivity index (χ4v) is 4.86. The second-order valence-corrected chi connectivity index (χ2v) is 8.17. The Kier molecular flexibility index (Phi) is 4.77. The summed E-state index contributed by atoms with van der Waals surface area (Å²) in [6.07, 6.45) is 0.820. The van der Waals surface area contributed by atoms with Crippen molar-refractivity contribution in [3.63, 3.8) is 0 Å². The minimum atomic E-state index is -0.267. The molecule has 0 bridgehead atoms. The summed E-state index contributed by atoms with van der Waals surface area (Å²) in [6.45, 7) is 0.609. The first-order chi connectivity index (χ1) is 14.7. The molecule has 0 radical (unpaired) electrons. The van der Waals surface area contributed by atoms with E-state index in [-0.39, 0.29) is 23.2 Å². The van der Waals surface area contributed by atoms with Crippen LogP contribution in [0.5, 0.6) is 0 Å². The summed E-state index contributed by atoms with van der Waals surface area (Å²) in [5.74, 6) is -0.176. The average molecular weight is 414 g/mol. The third-order valence-corrected chi connectivity index (χ3v) is 6.36. The van der Waals surface area contributed by atoms with Crippen LogP contribution in [0.4, 0.5) is 0 Å². The van der Waals surface area contributed by atoms with Crippen LogP contribution in [0.2, 0.25) is 0 Å². The highest BCUT2D eigenvalue weighted by Gasteiger charge is 2.34. The molecular formula is C24H19N3O2S. The van der Waals surface area contributed by atoms with Crippen molar-refractivity contribution in [1.29, 1.82) is 0 Å². The fourth-order valence-electron chi connectivity index (χ4n) is 3.96. The molecule has 5 rings (SSSR count). The van der Waals surface area contributed by atoms with Crippen LogP contribution in [0.3, 0.4) is 0 Å². The Morgan fingerprint density at radius 3 is 2.43 bits per heavy atom. The predicted octanol–water partition coefficient (Wildman–Crippen LogP) is 4.08. The minimum Gasteiger partial charge on any atom is -0.326 e. The largest absolute Gasteiger partial charge is 0.326 e. The third kappa shape index (κ3) is 3.25. The van der Waals surface area contributed by atoms with E-state index in [1.165, 1.54) is 27.3 Å². The van der Waals surface area contributed by atoms with Crippen molar-refractivity contribution in [2.45, 2.75) is 12.5 Å². The highest BCUT2D eigenvalue weighted by atomic mass is 32.1. The number of para-hydroxylation sites is 1. The molecule has 2 aromatic heterocycles. The van der Waals surface area contributed by atoms with Crippen molar-refractivity contribution in [2.24, 2.45) is 0 Å². The monoisotopic (exact) mass is 413 g/mol. The van der Waals surface area contributed by atoms with Crippen molar-refractivity contribution >= 4 is 17.2 Å². The number of hydrogen-bond acceptors (Lipinski definition) is 4. The Balaban J connectivity index is 1.57. The maximum Gasteiger partial charge on any atom is 0.275 e. The van der Waals surface area contributed by atoms with Crippen molar-refractivity contribution in [2.75, 3.05) is 6.54 Å². The molecule has 1 aliphatic heterocycles. The molecule has 1 aliphatic rings. The first kappa shape index (κ1) is 18.5. The Morgan fingerprint density at radius 2 is 1.67 bits per heavy atom. The number of amides is 1. The van der Waals surface area contributed by atoms with Gasteiger partial charge in [0.2, 0.25) is 0 Å². The molecule has 30 heavy (non-hydrogen) atoms. The second-order valence-electron chi connectivity index (χ2n) is 7.17. The lowest BCUT2D eigenvalue weighted by Crippen LogP contribution is -2.41. The van der Waals surface area contributed by atoms with E-state index in [2.05, 4.69) is 28.7 Å². The van der Waals surface area contributed by atoms with Gasteiger partial charge in [-0.2, -0.15) is 9.78 Å². The van der Waals surface area contributed by atoms with E-state index in [0.29, 0.717) is 12.2 Å². The molecule has 3 heterocycles. The summed E-state index contributed by atoms with van der Waals surface area (Å²) in [6, 6.07) is 24.1. The first-order valence-electron chi connectivity index (χ1n) is 9.80. The average Bonchev–Trinajstić information content (AvgIpc) is 3.28. The van der Waals surface area contributed by atoms with Crippen LogP contribution in [-0.2, 0) is 6.42 Å². The van der Waals surface area contributed by atoms with Gasteiger partial charge in [-0.05, 0) is 47.2 Å². The van der Waals surface area contributed by atoms with Crippen LogP contribution in [-0.4, -0.2) is 27.1 Å². The van der Waals surface area contributed by atoms with Crippen LogP contribution in [0.15, 0.2) is 89.0 Å². The lowest BCUT2D eigenvalue weighted by Gasteiger charge is -2.36. The van der Waals surface area contributed by atoms with E-state index >= 15 is 0 Å². The van der Waals surface area contributed by atoms with E-state index in [1.807, 2.05) is 41.3 Å². The number of nitrogens with zero attached hydrogens (tertiary/aromatic N) is 3. The number of rotatable bonds is 3. The molecule has 0 saturated heterocycles. The van der Waals surface area contributed by atoms with Crippen LogP contribution in [0.1, 0.15) is 32.5 Å². The van der Waals surface area contributed by atoms with Crippen LogP contribution in [0.25, 0.3) is 5.69 Å². The topological polar surface area (TPSA) is 55.2 Å². The van der Waals surface area contributed by atoms with Crippen molar-refractivity contribution in [3.8, 4) is 5.69 Å². The molecule has 0 N–H and O–H groups in total. The molecule has 0 aliphatic carbocycles. The van der Waals surface area contributed by atoms with Gasteiger partial charge in [0.25, 0.3) is 11.5 Å². The van der Waals surface area contributed by atoms with Gasteiger partial charge in [-0.3, -0.25) is 9.59 Å².